The Labute approximate surface area is 192 Å². The van der Waals surface area contributed by atoms with E-state index in [-0.39, 0.29) is 23.7 Å². The minimum atomic E-state index is -0.181. The van der Waals surface area contributed by atoms with Gasteiger partial charge in [-0.2, -0.15) is 0 Å². The van der Waals surface area contributed by atoms with Crippen LogP contribution in [0.1, 0.15) is 39.7 Å². The van der Waals surface area contributed by atoms with Gasteiger partial charge in [0.15, 0.2) is 5.96 Å². The van der Waals surface area contributed by atoms with Crippen LogP contribution in [0.25, 0.3) is 0 Å². The Hall–Kier alpha value is -2.35. The molecule has 178 valence electrons. The molecule has 0 aliphatic carbocycles. The van der Waals surface area contributed by atoms with E-state index in [2.05, 4.69) is 32.3 Å². The summed E-state index contributed by atoms with van der Waals surface area (Å²) < 4.78 is 14.8. The molecule has 0 bridgehead atoms. The summed E-state index contributed by atoms with van der Waals surface area (Å²) in [5.74, 6) is 0.739. The van der Waals surface area contributed by atoms with Crippen LogP contribution >= 0.6 is 0 Å². The van der Waals surface area contributed by atoms with Gasteiger partial charge in [0.1, 0.15) is 5.82 Å². The van der Waals surface area contributed by atoms with Gasteiger partial charge in [0.05, 0.1) is 12.2 Å². The number of hydrogen-bond donors (Lipinski definition) is 2. The van der Waals surface area contributed by atoms with E-state index >= 15 is 0 Å². The van der Waals surface area contributed by atoms with E-state index in [9.17, 15) is 9.18 Å². The molecule has 2 aliphatic rings. The number of rotatable bonds is 7. The number of likely N-dealkylation sites (N-methyl/N-ethyl adjacent to an activating group) is 1. The van der Waals surface area contributed by atoms with E-state index in [1.54, 1.807) is 6.07 Å². The van der Waals surface area contributed by atoms with Gasteiger partial charge in [-0.1, -0.05) is 26.8 Å². The van der Waals surface area contributed by atoms with Gasteiger partial charge in [0, 0.05) is 57.8 Å². The first kappa shape index (κ1) is 24.3. The Morgan fingerprint density at radius 2 is 1.94 bits per heavy atom. The second-order valence-electron chi connectivity index (χ2n) is 8.97. The lowest BCUT2D eigenvalue weighted by molar-refractivity contribution is -0.133. The van der Waals surface area contributed by atoms with Crippen molar-refractivity contribution < 1.29 is 9.18 Å². The number of nitrogens with zero attached hydrogens (tertiary/aromatic N) is 4. The predicted molar refractivity (Wildman–Crippen MR) is 129 cm³/mol. The molecular weight excluding hydrogens is 407 g/mol. The topological polar surface area (TPSA) is 63.2 Å². The molecule has 1 unspecified atom stereocenters. The van der Waals surface area contributed by atoms with E-state index in [4.69, 9.17) is 0 Å². The van der Waals surface area contributed by atoms with E-state index in [1.165, 1.54) is 0 Å². The molecule has 0 aromatic heterocycles. The van der Waals surface area contributed by atoms with Gasteiger partial charge >= 0.3 is 0 Å². The predicted octanol–water partition coefficient (Wildman–Crippen LogP) is 2.28. The zero-order valence-corrected chi connectivity index (χ0v) is 20.0. The molecule has 1 aromatic carbocycles. The molecule has 0 radical (unpaired) electrons. The smallest absolute Gasteiger partial charge is 0.225 e. The first-order valence-electron chi connectivity index (χ1n) is 12.0. The highest BCUT2D eigenvalue weighted by Gasteiger charge is 2.28. The maximum Gasteiger partial charge on any atom is 0.225 e. The quantitative estimate of drug-likeness (QED) is 0.497. The fourth-order valence-electron chi connectivity index (χ4n) is 4.34. The van der Waals surface area contributed by atoms with E-state index < -0.39 is 0 Å². The average molecular weight is 447 g/mol. The summed E-state index contributed by atoms with van der Waals surface area (Å²) in [6.07, 6.45) is 0.900. The van der Waals surface area contributed by atoms with Crippen LogP contribution in [-0.2, 0) is 11.3 Å². The van der Waals surface area contributed by atoms with Gasteiger partial charge in [0.2, 0.25) is 5.91 Å². The number of guanidine groups is 1. The molecule has 2 fully saturated rings. The third-order valence-electron chi connectivity index (χ3n) is 6.27. The normalized spacial score (nSPS) is 20.2. The highest BCUT2D eigenvalue weighted by atomic mass is 19.1. The lowest BCUT2D eigenvalue weighted by Gasteiger charge is -2.35. The van der Waals surface area contributed by atoms with Crippen LogP contribution in [0.3, 0.4) is 0 Å². The van der Waals surface area contributed by atoms with Crippen molar-refractivity contribution in [2.45, 2.75) is 46.7 Å². The molecule has 32 heavy (non-hydrogen) atoms. The number of hydrogen-bond acceptors (Lipinski definition) is 4. The number of anilines is 1. The van der Waals surface area contributed by atoms with Gasteiger partial charge < -0.3 is 25.3 Å². The fourth-order valence-corrected chi connectivity index (χ4v) is 4.34. The molecule has 1 amide bonds. The number of halogens is 1. The van der Waals surface area contributed by atoms with Gasteiger partial charge in [-0.05, 0) is 37.6 Å². The average Bonchev–Trinajstić information content (AvgIpc) is 3.25. The van der Waals surface area contributed by atoms with Gasteiger partial charge in [-0.15, -0.1) is 0 Å². The molecule has 2 saturated heterocycles. The summed E-state index contributed by atoms with van der Waals surface area (Å²) in [7, 11) is 0. The number of benzene rings is 1. The highest BCUT2D eigenvalue weighted by Crippen LogP contribution is 2.22. The molecule has 0 spiro atoms. The van der Waals surface area contributed by atoms with Crippen molar-refractivity contribution >= 4 is 17.6 Å². The molecule has 1 atom stereocenters. The maximum absolute atomic E-state index is 14.8. The minimum Gasteiger partial charge on any atom is -0.367 e. The van der Waals surface area contributed by atoms with Crippen molar-refractivity contribution in [3.05, 3.63) is 29.6 Å². The summed E-state index contributed by atoms with van der Waals surface area (Å²) in [5.41, 5.74) is 1.53. The summed E-state index contributed by atoms with van der Waals surface area (Å²) in [5, 5.41) is 6.70. The standard InChI is InChI=1S/C24H39FN6O/c1-5-26-24(28-20-9-10-31(17-20)23(32)18(3)4)27-16-19-7-8-22(21(25)15-19)30-13-11-29(6-2)12-14-30/h7-8,15,18,20H,5-6,9-14,16-17H2,1-4H3,(H2,26,27,28). The first-order valence-corrected chi connectivity index (χ1v) is 12.0. The Morgan fingerprint density at radius 1 is 1.19 bits per heavy atom. The second-order valence-corrected chi connectivity index (χ2v) is 8.97. The van der Waals surface area contributed by atoms with Crippen molar-refractivity contribution in [2.24, 2.45) is 10.9 Å². The third-order valence-corrected chi connectivity index (χ3v) is 6.27. The molecule has 2 heterocycles. The van der Waals surface area contributed by atoms with Crippen molar-refractivity contribution in [1.82, 2.24) is 20.4 Å². The van der Waals surface area contributed by atoms with Gasteiger partial charge in [-0.25, -0.2) is 9.38 Å². The highest BCUT2D eigenvalue weighted by molar-refractivity contribution is 5.81. The van der Waals surface area contributed by atoms with Crippen LogP contribution < -0.4 is 15.5 Å². The van der Waals surface area contributed by atoms with E-state index in [1.807, 2.05) is 37.8 Å². The molecule has 0 saturated carbocycles. The minimum absolute atomic E-state index is 0.0176. The molecule has 2 aliphatic heterocycles. The van der Waals surface area contributed by atoms with E-state index in [0.29, 0.717) is 24.7 Å². The van der Waals surface area contributed by atoms with Crippen LogP contribution in [0.5, 0.6) is 0 Å². The van der Waals surface area contributed by atoms with Crippen LogP contribution in [0.2, 0.25) is 0 Å². The van der Waals surface area contributed by atoms with Crippen LogP contribution in [0.4, 0.5) is 10.1 Å². The summed E-state index contributed by atoms with van der Waals surface area (Å²) in [6.45, 7) is 15.4. The van der Waals surface area contributed by atoms with E-state index in [0.717, 1.165) is 57.8 Å². The van der Waals surface area contributed by atoms with Gasteiger partial charge in [0.25, 0.3) is 0 Å². The molecular formula is C24H39FN6O. The van der Waals surface area contributed by atoms with Crippen molar-refractivity contribution in [3.8, 4) is 0 Å². The van der Waals surface area contributed by atoms with Crippen LogP contribution in [0, 0.1) is 11.7 Å². The fraction of sp³-hybridized carbons (Fsp3) is 0.667. The molecule has 2 N–H and O–H groups in total. The molecule has 1 aromatic rings. The number of nitrogens with one attached hydrogen (secondary N) is 2. The molecule has 8 heteroatoms. The number of piperazine rings is 1. The lowest BCUT2D eigenvalue weighted by atomic mass is 10.1. The SMILES string of the molecule is CCNC(=NCc1ccc(N2CCN(CC)CC2)c(F)c1)NC1CCN(C(=O)C(C)C)C1. The largest absolute Gasteiger partial charge is 0.367 e. The third kappa shape index (κ3) is 6.34. The zero-order valence-electron chi connectivity index (χ0n) is 20.0. The number of amides is 1. The molecule has 3 rings (SSSR count). The summed E-state index contributed by atoms with van der Waals surface area (Å²) in [6, 6.07) is 5.63. The molecule has 7 nitrogen and oxygen atoms in total. The summed E-state index contributed by atoms with van der Waals surface area (Å²) >= 11 is 0. The Morgan fingerprint density at radius 3 is 2.56 bits per heavy atom. The monoisotopic (exact) mass is 446 g/mol. The van der Waals surface area contributed by atoms with Gasteiger partial charge in [-0.3, -0.25) is 4.79 Å². The first-order chi connectivity index (χ1) is 15.4. The lowest BCUT2D eigenvalue weighted by Crippen LogP contribution is -2.46. The number of carbonyl (C=O) groups is 1. The summed E-state index contributed by atoms with van der Waals surface area (Å²) in [4.78, 5) is 23.3. The Kier molecular flexibility index (Phi) is 8.73. The van der Waals surface area contributed by atoms with Crippen molar-refractivity contribution in [1.29, 1.82) is 0 Å². The number of aliphatic imine (C=N–C) groups is 1. The van der Waals surface area contributed by atoms with Crippen molar-refractivity contribution in [3.63, 3.8) is 0 Å². The van der Waals surface area contributed by atoms with Crippen LogP contribution in [-0.4, -0.2) is 80.1 Å². The number of likely N-dealkylation sites (tertiary alicyclic amines) is 1. The Balaban J connectivity index is 1.58. The maximum atomic E-state index is 14.8. The van der Waals surface area contributed by atoms with Crippen LogP contribution in [0.15, 0.2) is 23.2 Å². The Bertz CT molecular complexity index is 791. The zero-order chi connectivity index (χ0) is 23.1. The van der Waals surface area contributed by atoms with Crippen molar-refractivity contribution in [2.75, 3.05) is 57.3 Å². The second kappa shape index (κ2) is 11.5. The number of carbonyl (C=O) groups excluding carboxylic acids is 1.